The summed E-state index contributed by atoms with van der Waals surface area (Å²) in [4.78, 5) is 10.9. The Balaban J connectivity index is 3.77. The van der Waals surface area contributed by atoms with E-state index < -0.39 is 16.4 Å². The third kappa shape index (κ3) is 21.9. The van der Waals surface area contributed by atoms with E-state index in [9.17, 15) is 13.2 Å². The van der Waals surface area contributed by atoms with Gasteiger partial charge in [0.15, 0.2) is 0 Å². The van der Waals surface area contributed by atoms with Crippen LogP contribution in [0.2, 0.25) is 0 Å². The third-order valence-corrected chi connectivity index (χ3v) is 3.91. The van der Waals surface area contributed by atoms with E-state index in [4.69, 9.17) is 4.55 Å². The minimum atomic E-state index is -4.76. The highest BCUT2D eigenvalue weighted by atomic mass is 32.3. The van der Waals surface area contributed by atoms with Crippen molar-refractivity contribution in [1.29, 1.82) is 0 Å². The van der Waals surface area contributed by atoms with Crippen molar-refractivity contribution < 1.29 is 21.9 Å². The fourth-order valence-corrected chi connectivity index (χ4v) is 2.44. The van der Waals surface area contributed by atoms with Gasteiger partial charge in [0.25, 0.3) is 0 Å². The van der Waals surface area contributed by atoms with Crippen LogP contribution in [0.4, 0.5) is 0 Å². The Bertz CT molecular complexity index is 680. The summed E-state index contributed by atoms with van der Waals surface area (Å²) in [6.07, 6.45) is 31.3. The van der Waals surface area contributed by atoms with E-state index in [1.807, 2.05) is 30.4 Å². The largest absolute Gasteiger partial charge is 0.449 e. The van der Waals surface area contributed by atoms with Crippen molar-refractivity contribution in [3.05, 3.63) is 72.9 Å². The lowest BCUT2D eigenvalue weighted by molar-refractivity contribution is -0.128. The fourth-order valence-electron chi connectivity index (χ4n) is 2.17. The van der Waals surface area contributed by atoms with Gasteiger partial charge in [-0.15, -0.1) is 0 Å². The van der Waals surface area contributed by atoms with E-state index in [1.165, 1.54) is 57.1 Å². The molecule has 0 aliphatic rings. The van der Waals surface area contributed by atoms with Crippen LogP contribution in [0.5, 0.6) is 0 Å². The maximum absolute atomic E-state index is 10.9. The van der Waals surface area contributed by atoms with Crippen LogP contribution >= 0.6 is 0 Å². The SMILES string of the molecule is CCCCCCCCC/C=C/C=C/C=C/C=C/C=C/C=C/C(=O)OS(=O)(=O)O. The van der Waals surface area contributed by atoms with Gasteiger partial charge in [0.05, 0.1) is 0 Å². The lowest BCUT2D eigenvalue weighted by atomic mass is 10.1. The molecule has 28 heavy (non-hydrogen) atoms. The number of carbonyl (C=O) groups excluding carboxylic acids is 1. The van der Waals surface area contributed by atoms with Gasteiger partial charge in [-0.3, -0.25) is 4.55 Å². The summed E-state index contributed by atoms with van der Waals surface area (Å²) < 4.78 is 32.5. The summed E-state index contributed by atoms with van der Waals surface area (Å²) in [6.45, 7) is 2.24. The summed E-state index contributed by atoms with van der Waals surface area (Å²) in [5, 5.41) is 0. The molecule has 0 aliphatic carbocycles. The summed E-state index contributed by atoms with van der Waals surface area (Å²) in [5.74, 6) is -1.17. The molecular weight excluding hydrogens is 376 g/mol. The molecule has 0 bridgehead atoms. The van der Waals surface area contributed by atoms with Crippen LogP contribution in [-0.2, 0) is 19.4 Å². The first-order chi connectivity index (χ1) is 13.5. The van der Waals surface area contributed by atoms with Crippen LogP contribution in [0.25, 0.3) is 0 Å². The standard InChI is InChI=1S/C22H32O5S/c1-2-3-4-5-6-7-8-9-10-11-12-13-14-15-16-17-18-19-20-21-22(23)27-28(24,25)26/h10-21H,2-9H2,1H3,(H,24,25,26)/b11-10+,13-12+,15-14+,17-16+,19-18+,21-20+. The first-order valence-corrected chi connectivity index (χ1v) is 11.0. The highest BCUT2D eigenvalue weighted by molar-refractivity contribution is 7.81. The predicted octanol–water partition coefficient (Wildman–Crippen LogP) is 5.81. The molecule has 0 heterocycles. The smallest absolute Gasteiger partial charge is 0.321 e. The molecule has 0 radical (unpaired) electrons. The summed E-state index contributed by atoms with van der Waals surface area (Å²) in [5.41, 5.74) is 0. The maximum Gasteiger partial charge on any atom is 0.449 e. The van der Waals surface area contributed by atoms with E-state index >= 15 is 0 Å². The molecule has 0 saturated carbocycles. The van der Waals surface area contributed by atoms with Crippen molar-refractivity contribution in [3.63, 3.8) is 0 Å². The molecule has 1 N–H and O–H groups in total. The van der Waals surface area contributed by atoms with Gasteiger partial charge in [0.2, 0.25) is 0 Å². The average Bonchev–Trinajstić information content (AvgIpc) is 2.62. The number of rotatable bonds is 15. The van der Waals surface area contributed by atoms with Crippen molar-refractivity contribution in [2.75, 3.05) is 0 Å². The summed E-state index contributed by atoms with van der Waals surface area (Å²) >= 11 is 0. The van der Waals surface area contributed by atoms with Gasteiger partial charge < -0.3 is 4.18 Å². The Morgan fingerprint density at radius 1 is 0.750 bits per heavy atom. The van der Waals surface area contributed by atoms with Gasteiger partial charge in [-0.1, -0.05) is 112 Å². The van der Waals surface area contributed by atoms with Crippen LogP contribution in [-0.4, -0.2) is 18.9 Å². The van der Waals surface area contributed by atoms with E-state index in [0.29, 0.717) is 0 Å². The fraction of sp³-hybridized carbons (Fsp3) is 0.409. The van der Waals surface area contributed by atoms with Gasteiger partial charge in [-0.05, 0) is 12.8 Å². The number of allylic oxidation sites excluding steroid dienone is 11. The van der Waals surface area contributed by atoms with Crippen LogP contribution in [0.15, 0.2) is 72.9 Å². The lowest BCUT2D eigenvalue weighted by Gasteiger charge is -1.98. The third-order valence-electron chi connectivity index (χ3n) is 3.53. The molecule has 0 amide bonds. The van der Waals surface area contributed by atoms with Gasteiger partial charge >= 0.3 is 16.4 Å². The van der Waals surface area contributed by atoms with Crippen molar-refractivity contribution in [2.24, 2.45) is 0 Å². The molecule has 0 saturated heterocycles. The number of carbonyl (C=O) groups is 1. The van der Waals surface area contributed by atoms with Crippen LogP contribution in [0.3, 0.4) is 0 Å². The van der Waals surface area contributed by atoms with E-state index in [2.05, 4.69) is 23.3 Å². The summed E-state index contributed by atoms with van der Waals surface area (Å²) in [6, 6.07) is 0. The molecule has 0 atom stereocenters. The average molecular weight is 409 g/mol. The molecule has 156 valence electrons. The van der Waals surface area contributed by atoms with E-state index in [1.54, 1.807) is 12.2 Å². The van der Waals surface area contributed by atoms with E-state index in [0.717, 1.165) is 12.5 Å². The number of hydrogen-bond donors (Lipinski definition) is 1. The molecule has 0 fully saturated rings. The molecule has 0 aromatic heterocycles. The van der Waals surface area contributed by atoms with Crippen LogP contribution in [0.1, 0.15) is 58.3 Å². The summed E-state index contributed by atoms with van der Waals surface area (Å²) in [7, 11) is -4.76. The minimum Gasteiger partial charge on any atom is -0.321 e. The molecule has 0 aliphatic heterocycles. The molecule has 0 aromatic rings. The monoisotopic (exact) mass is 408 g/mol. The van der Waals surface area contributed by atoms with Crippen LogP contribution < -0.4 is 0 Å². The predicted molar refractivity (Wildman–Crippen MR) is 115 cm³/mol. The molecule has 0 unspecified atom stereocenters. The zero-order valence-electron chi connectivity index (χ0n) is 16.6. The first-order valence-electron chi connectivity index (χ1n) is 9.66. The van der Waals surface area contributed by atoms with Crippen molar-refractivity contribution >= 4 is 16.4 Å². The normalized spacial score (nSPS) is 13.4. The first kappa shape index (κ1) is 25.8. The Kier molecular flexibility index (Phi) is 16.8. The van der Waals surface area contributed by atoms with Crippen molar-refractivity contribution in [3.8, 4) is 0 Å². The highest BCUT2D eigenvalue weighted by Crippen LogP contribution is 2.08. The van der Waals surface area contributed by atoms with Gasteiger partial charge in [0.1, 0.15) is 0 Å². The van der Waals surface area contributed by atoms with Crippen molar-refractivity contribution in [2.45, 2.75) is 58.3 Å². The quantitative estimate of drug-likeness (QED) is 0.160. The van der Waals surface area contributed by atoms with Crippen molar-refractivity contribution in [1.82, 2.24) is 0 Å². The molecular formula is C22H32O5S. The molecule has 0 rings (SSSR count). The highest BCUT2D eigenvalue weighted by Gasteiger charge is 2.08. The minimum absolute atomic E-state index is 0.884. The zero-order chi connectivity index (χ0) is 20.9. The lowest BCUT2D eigenvalue weighted by Crippen LogP contribution is -2.08. The maximum atomic E-state index is 10.9. The Hall–Kier alpha value is -2.18. The molecule has 0 spiro atoms. The zero-order valence-corrected chi connectivity index (χ0v) is 17.4. The Labute approximate surface area is 169 Å². The van der Waals surface area contributed by atoms with Gasteiger partial charge in [-0.2, -0.15) is 8.42 Å². The Morgan fingerprint density at radius 2 is 1.21 bits per heavy atom. The van der Waals surface area contributed by atoms with Gasteiger partial charge in [-0.25, -0.2) is 4.79 Å². The second-order valence-electron chi connectivity index (χ2n) is 6.07. The number of unbranched alkanes of at least 4 members (excludes halogenated alkanes) is 7. The number of hydrogen-bond acceptors (Lipinski definition) is 4. The molecule has 6 heteroatoms. The van der Waals surface area contributed by atoms with E-state index in [-0.39, 0.29) is 0 Å². The second-order valence-corrected chi connectivity index (χ2v) is 7.09. The second kappa shape index (κ2) is 18.2. The van der Waals surface area contributed by atoms with Crippen LogP contribution in [0, 0.1) is 0 Å². The topological polar surface area (TPSA) is 80.7 Å². The Morgan fingerprint density at radius 3 is 1.75 bits per heavy atom. The van der Waals surface area contributed by atoms with Gasteiger partial charge in [0, 0.05) is 6.08 Å². The molecule has 0 aromatic carbocycles. The molecule has 5 nitrogen and oxygen atoms in total.